The summed E-state index contributed by atoms with van der Waals surface area (Å²) in [5.41, 5.74) is 3.35. The van der Waals surface area contributed by atoms with Crippen molar-refractivity contribution in [3.63, 3.8) is 0 Å². The Morgan fingerprint density at radius 2 is 2.06 bits per heavy atom. The van der Waals surface area contributed by atoms with Crippen LogP contribution in [0, 0.1) is 0 Å². The number of thioether (sulfide) groups is 1. The van der Waals surface area contributed by atoms with Gasteiger partial charge in [-0.25, -0.2) is 0 Å². The summed E-state index contributed by atoms with van der Waals surface area (Å²) >= 11 is 1.81. The van der Waals surface area contributed by atoms with Crippen LogP contribution in [0.4, 0.5) is 0 Å². The van der Waals surface area contributed by atoms with Crippen LogP contribution < -0.4 is 5.32 Å². The van der Waals surface area contributed by atoms with Gasteiger partial charge in [0.25, 0.3) is 0 Å². The Balaban J connectivity index is 2.15. The molecule has 1 atom stereocenters. The molecule has 0 aromatic heterocycles. The Morgan fingerprint density at radius 3 is 2.76 bits per heavy atom. The minimum absolute atomic E-state index is 0.0300. The number of ketones is 1. The lowest BCUT2D eigenvalue weighted by Crippen LogP contribution is -2.27. The highest BCUT2D eigenvalue weighted by molar-refractivity contribution is 8.00. The van der Waals surface area contributed by atoms with Crippen molar-refractivity contribution < 1.29 is 4.79 Å². The number of Topliss-reactive ketones (excluding diaryl/α,β-unsaturated/α-hetero) is 1. The summed E-state index contributed by atoms with van der Waals surface area (Å²) in [6.45, 7) is 1.78. The summed E-state index contributed by atoms with van der Waals surface area (Å²) in [4.78, 5) is 12.3. The van der Waals surface area contributed by atoms with Crippen LogP contribution in [0.3, 0.4) is 0 Å². The molecular formula is C14H15NOS. The lowest BCUT2D eigenvalue weighted by Gasteiger charge is -2.21. The summed E-state index contributed by atoms with van der Waals surface area (Å²) in [5, 5.41) is 3.41. The molecule has 1 unspecified atom stereocenters. The number of hydrogen-bond donors (Lipinski definition) is 1. The van der Waals surface area contributed by atoms with Gasteiger partial charge >= 0.3 is 0 Å². The van der Waals surface area contributed by atoms with E-state index in [0.717, 1.165) is 24.2 Å². The van der Waals surface area contributed by atoms with Crippen molar-refractivity contribution in [3.05, 3.63) is 41.5 Å². The maximum absolute atomic E-state index is 12.3. The van der Waals surface area contributed by atoms with Crippen molar-refractivity contribution in [1.29, 1.82) is 0 Å². The SMILES string of the molecule is CSC12CNCC1=C(c1ccccc1)C(=O)C2. The number of rotatable bonds is 2. The van der Waals surface area contributed by atoms with Crippen LogP contribution in [0.1, 0.15) is 12.0 Å². The molecule has 3 rings (SSSR count). The third-order valence-corrected chi connectivity index (χ3v) is 5.06. The molecule has 1 heterocycles. The summed E-state index contributed by atoms with van der Waals surface area (Å²) in [6, 6.07) is 10.1. The summed E-state index contributed by atoms with van der Waals surface area (Å²) < 4.78 is 0.0300. The maximum Gasteiger partial charge on any atom is 0.165 e. The minimum atomic E-state index is 0.0300. The molecule has 3 heteroatoms. The zero-order valence-corrected chi connectivity index (χ0v) is 10.6. The van der Waals surface area contributed by atoms with Crippen molar-refractivity contribution in [2.75, 3.05) is 19.3 Å². The van der Waals surface area contributed by atoms with Gasteiger partial charge in [0.2, 0.25) is 0 Å². The van der Waals surface area contributed by atoms with Gasteiger partial charge in [-0.2, -0.15) is 11.8 Å². The fourth-order valence-electron chi connectivity index (χ4n) is 2.87. The van der Waals surface area contributed by atoms with Crippen LogP contribution >= 0.6 is 11.8 Å². The first-order chi connectivity index (χ1) is 8.27. The highest BCUT2D eigenvalue weighted by Gasteiger charge is 2.47. The van der Waals surface area contributed by atoms with Crippen molar-refractivity contribution in [3.8, 4) is 0 Å². The summed E-state index contributed by atoms with van der Waals surface area (Å²) in [7, 11) is 0. The monoisotopic (exact) mass is 245 g/mol. The predicted octanol–water partition coefficient (Wildman–Crippen LogP) is 2.12. The van der Waals surface area contributed by atoms with Gasteiger partial charge in [-0.05, 0) is 17.4 Å². The van der Waals surface area contributed by atoms with Crippen LogP contribution in [-0.4, -0.2) is 29.9 Å². The molecule has 1 aromatic carbocycles. The standard InChI is InChI=1S/C14H15NOS/c1-17-14-7-12(16)13(11(14)8-15-9-14)10-5-3-2-4-6-10/h2-6,15H,7-9H2,1H3. The zero-order valence-electron chi connectivity index (χ0n) is 9.82. The molecule has 0 amide bonds. The molecule has 88 valence electrons. The molecule has 2 aliphatic rings. The van der Waals surface area contributed by atoms with Gasteiger partial charge in [-0.15, -0.1) is 0 Å². The highest BCUT2D eigenvalue weighted by Crippen LogP contribution is 2.47. The molecule has 0 bridgehead atoms. The molecule has 1 fully saturated rings. The van der Waals surface area contributed by atoms with E-state index in [-0.39, 0.29) is 4.75 Å². The van der Waals surface area contributed by atoms with E-state index in [1.54, 1.807) is 0 Å². The Kier molecular flexibility index (Phi) is 2.60. The highest BCUT2D eigenvalue weighted by atomic mass is 32.2. The van der Waals surface area contributed by atoms with Gasteiger partial charge < -0.3 is 5.32 Å². The molecule has 2 nitrogen and oxygen atoms in total. The van der Waals surface area contributed by atoms with Crippen molar-refractivity contribution >= 4 is 23.1 Å². The third-order valence-electron chi connectivity index (χ3n) is 3.74. The first kappa shape index (κ1) is 11.1. The topological polar surface area (TPSA) is 29.1 Å². The quantitative estimate of drug-likeness (QED) is 0.865. The van der Waals surface area contributed by atoms with Crippen molar-refractivity contribution in [2.45, 2.75) is 11.2 Å². The van der Waals surface area contributed by atoms with Crippen LogP contribution in [0.25, 0.3) is 5.57 Å². The van der Waals surface area contributed by atoms with E-state index in [1.807, 2.05) is 42.1 Å². The van der Waals surface area contributed by atoms with Crippen LogP contribution in [0.2, 0.25) is 0 Å². The van der Waals surface area contributed by atoms with Gasteiger partial charge in [0, 0.05) is 25.1 Å². The second-order valence-electron chi connectivity index (χ2n) is 4.62. The molecule has 17 heavy (non-hydrogen) atoms. The Bertz CT molecular complexity index is 494. The van der Waals surface area contributed by atoms with Gasteiger partial charge in [0.05, 0.1) is 4.75 Å². The summed E-state index contributed by atoms with van der Waals surface area (Å²) in [6.07, 6.45) is 2.76. The smallest absolute Gasteiger partial charge is 0.165 e. The molecule has 1 aromatic rings. The van der Waals surface area contributed by atoms with Gasteiger partial charge in [-0.1, -0.05) is 30.3 Å². The van der Waals surface area contributed by atoms with Gasteiger partial charge in [0.15, 0.2) is 5.78 Å². The van der Waals surface area contributed by atoms with E-state index >= 15 is 0 Å². The number of nitrogens with one attached hydrogen (secondary N) is 1. The largest absolute Gasteiger partial charge is 0.311 e. The molecule has 0 spiro atoms. The molecule has 1 N–H and O–H groups in total. The van der Waals surface area contributed by atoms with E-state index < -0.39 is 0 Å². The lowest BCUT2D eigenvalue weighted by molar-refractivity contribution is -0.113. The van der Waals surface area contributed by atoms with Crippen molar-refractivity contribution in [1.82, 2.24) is 5.32 Å². The predicted molar refractivity (Wildman–Crippen MR) is 72.1 cm³/mol. The number of fused-ring (bicyclic) bond motifs is 1. The first-order valence-electron chi connectivity index (χ1n) is 5.85. The van der Waals surface area contributed by atoms with E-state index in [9.17, 15) is 4.79 Å². The molecular weight excluding hydrogens is 230 g/mol. The normalized spacial score (nSPS) is 27.7. The molecule has 1 saturated heterocycles. The Morgan fingerprint density at radius 1 is 1.29 bits per heavy atom. The third kappa shape index (κ3) is 1.57. The van der Waals surface area contributed by atoms with Crippen LogP contribution in [0.5, 0.6) is 0 Å². The fraction of sp³-hybridized carbons (Fsp3) is 0.357. The van der Waals surface area contributed by atoms with E-state index in [4.69, 9.17) is 0 Å². The maximum atomic E-state index is 12.3. The summed E-state index contributed by atoms with van der Waals surface area (Å²) in [5.74, 6) is 0.307. The van der Waals surface area contributed by atoms with Gasteiger partial charge in [-0.3, -0.25) is 4.79 Å². The number of hydrogen-bond acceptors (Lipinski definition) is 3. The number of benzene rings is 1. The lowest BCUT2D eigenvalue weighted by atomic mass is 10.00. The molecule has 1 aliphatic carbocycles. The minimum Gasteiger partial charge on any atom is -0.311 e. The second kappa shape index (κ2) is 4.00. The molecule has 0 radical (unpaired) electrons. The fourth-order valence-corrected chi connectivity index (χ4v) is 3.81. The average molecular weight is 245 g/mol. The zero-order chi connectivity index (χ0) is 11.9. The number of carbonyl (C=O) groups excluding carboxylic acids is 1. The van der Waals surface area contributed by atoms with Crippen LogP contribution in [0.15, 0.2) is 35.9 Å². The van der Waals surface area contributed by atoms with Crippen LogP contribution in [-0.2, 0) is 4.79 Å². The van der Waals surface area contributed by atoms with E-state index in [1.165, 1.54) is 5.57 Å². The molecule has 1 aliphatic heterocycles. The first-order valence-corrected chi connectivity index (χ1v) is 7.07. The Hall–Kier alpha value is -1.06. The van der Waals surface area contributed by atoms with E-state index in [2.05, 4.69) is 11.6 Å². The van der Waals surface area contributed by atoms with E-state index in [0.29, 0.717) is 12.2 Å². The number of allylic oxidation sites excluding steroid dienone is 1. The second-order valence-corrected chi connectivity index (χ2v) is 5.81. The van der Waals surface area contributed by atoms with Gasteiger partial charge in [0.1, 0.15) is 0 Å². The Labute approximate surface area is 105 Å². The molecule has 0 saturated carbocycles. The van der Waals surface area contributed by atoms with Crippen molar-refractivity contribution in [2.24, 2.45) is 0 Å². The number of carbonyl (C=O) groups is 1. The average Bonchev–Trinajstić information content (AvgIpc) is 2.85.